The van der Waals surface area contributed by atoms with Crippen molar-refractivity contribution in [1.82, 2.24) is 4.90 Å². The Balaban J connectivity index is 1.79. The number of alkyl halides is 2. The summed E-state index contributed by atoms with van der Waals surface area (Å²) in [5, 5.41) is 3.63. The molecule has 0 fully saturated rings. The zero-order valence-corrected chi connectivity index (χ0v) is 15.5. The zero-order chi connectivity index (χ0) is 19.1. The van der Waals surface area contributed by atoms with E-state index < -0.39 is 6.61 Å². The predicted octanol–water partition coefficient (Wildman–Crippen LogP) is 5.06. The van der Waals surface area contributed by atoms with Gasteiger partial charge in [0, 0.05) is 24.5 Å². The van der Waals surface area contributed by atoms with Crippen LogP contribution in [0.1, 0.15) is 12.0 Å². The van der Waals surface area contributed by atoms with E-state index in [1.807, 2.05) is 11.9 Å². The van der Waals surface area contributed by atoms with Crippen molar-refractivity contribution in [2.75, 3.05) is 18.9 Å². The molecule has 140 valence electrons. The molecule has 0 aliphatic heterocycles. The van der Waals surface area contributed by atoms with E-state index in [0.717, 1.165) is 5.56 Å². The number of hydrogen-bond acceptors (Lipinski definition) is 3. The van der Waals surface area contributed by atoms with Crippen LogP contribution in [0.25, 0.3) is 0 Å². The van der Waals surface area contributed by atoms with Crippen molar-refractivity contribution in [1.29, 1.82) is 0 Å². The molecular weight excluding hydrogens is 385 g/mol. The minimum absolute atomic E-state index is 0.115. The summed E-state index contributed by atoms with van der Waals surface area (Å²) in [6, 6.07) is 11.2. The molecule has 0 aromatic heterocycles. The molecule has 0 radical (unpaired) electrons. The molecule has 0 saturated heterocycles. The number of nitrogens with one attached hydrogen (secondary N) is 1. The van der Waals surface area contributed by atoms with Crippen LogP contribution < -0.4 is 10.1 Å². The maximum atomic E-state index is 12.1. The second kappa shape index (κ2) is 9.71. The third kappa shape index (κ3) is 6.78. The van der Waals surface area contributed by atoms with Gasteiger partial charge in [0.1, 0.15) is 5.75 Å². The van der Waals surface area contributed by atoms with E-state index in [9.17, 15) is 13.6 Å². The molecule has 0 spiro atoms. The zero-order valence-electron chi connectivity index (χ0n) is 14.0. The molecule has 0 saturated carbocycles. The fourth-order valence-electron chi connectivity index (χ4n) is 2.27. The third-order valence-electron chi connectivity index (χ3n) is 3.52. The average Bonchev–Trinajstić information content (AvgIpc) is 2.58. The lowest BCUT2D eigenvalue weighted by Crippen LogP contribution is -2.24. The molecule has 0 atom stereocenters. The number of nitrogens with zero attached hydrogens (tertiary/aromatic N) is 1. The van der Waals surface area contributed by atoms with Gasteiger partial charge in [-0.2, -0.15) is 8.78 Å². The van der Waals surface area contributed by atoms with Crippen LogP contribution in [0.4, 0.5) is 14.5 Å². The maximum Gasteiger partial charge on any atom is 0.387 e. The number of halogens is 4. The Hall–Kier alpha value is -1.89. The smallest absolute Gasteiger partial charge is 0.387 e. The van der Waals surface area contributed by atoms with Gasteiger partial charge in [0.15, 0.2) is 0 Å². The maximum absolute atomic E-state index is 12.1. The Bertz CT molecular complexity index is 742. The number of benzene rings is 2. The highest BCUT2D eigenvalue weighted by Gasteiger charge is 2.09. The summed E-state index contributed by atoms with van der Waals surface area (Å²) in [5.41, 5.74) is 1.40. The van der Waals surface area contributed by atoms with E-state index >= 15 is 0 Å². The molecule has 0 aliphatic rings. The number of amides is 1. The van der Waals surface area contributed by atoms with E-state index in [1.165, 1.54) is 12.1 Å². The van der Waals surface area contributed by atoms with Gasteiger partial charge in [0.25, 0.3) is 0 Å². The van der Waals surface area contributed by atoms with Crippen LogP contribution in [0, 0.1) is 0 Å². The first kappa shape index (κ1) is 20.4. The predicted molar refractivity (Wildman–Crippen MR) is 99.1 cm³/mol. The van der Waals surface area contributed by atoms with E-state index in [0.29, 0.717) is 28.8 Å². The molecule has 1 N–H and O–H groups in total. The van der Waals surface area contributed by atoms with Crippen LogP contribution in [-0.2, 0) is 11.3 Å². The van der Waals surface area contributed by atoms with Crippen molar-refractivity contribution < 1.29 is 18.3 Å². The fraction of sp³-hybridized carbons (Fsp3) is 0.278. The molecule has 4 nitrogen and oxygen atoms in total. The summed E-state index contributed by atoms with van der Waals surface area (Å²) in [6.45, 7) is -1.76. The van der Waals surface area contributed by atoms with Gasteiger partial charge in [-0.3, -0.25) is 4.79 Å². The lowest BCUT2D eigenvalue weighted by atomic mass is 10.2. The molecular formula is C18H18Cl2F2N2O2. The summed E-state index contributed by atoms with van der Waals surface area (Å²) in [6.07, 6.45) is 0.270. The van der Waals surface area contributed by atoms with Gasteiger partial charge in [-0.15, -0.1) is 0 Å². The van der Waals surface area contributed by atoms with Crippen molar-refractivity contribution in [3.05, 3.63) is 58.1 Å². The number of hydrogen-bond donors (Lipinski definition) is 1. The molecule has 0 unspecified atom stereocenters. The van der Waals surface area contributed by atoms with Crippen LogP contribution in [0.3, 0.4) is 0 Å². The number of carbonyl (C=O) groups is 1. The molecule has 2 aromatic rings. The largest absolute Gasteiger partial charge is 0.435 e. The topological polar surface area (TPSA) is 41.6 Å². The SMILES string of the molecule is CN(CCC(=O)Nc1cc(Cl)ccc1Cl)Cc1ccc(OC(F)F)cc1. The normalized spacial score (nSPS) is 11.0. The van der Waals surface area contributed by atoms with Crippen LogP contribution in [0.2, 0.25) is 10.0 Å². The monoisotopic (exact) mass is 402 g/mol. The first-order chi connectivity index (χ1) is 12.3. The van der Waals surface area contributed by atoms with E-state index in [-0.39, 0.29) is 18.1 Å². The minimum Gasteiger partial charge on any atom is -0.435 e. The van der Waals surface area contributed by atoms with Gasteiger partial charge in [0.05, 0.1) is 10.7 Å². The molecule has 0 heterocycles. The first-order valence-corrected chi connectivity index (χ1v) is 8.56. The third-order valence-corrected chi connectivity index (χ3v) is 4.09. The number of carbonyl (C=O) groups excluding carboxylic acids is 1. The molecule has 2 aromatic carbocycles. The molecule has 2 rings (SSSR count). The van der Waals surface area contributed by atoms with Gasteiger partial charge < -0.3 is 15.0 Å². The van der Waals surface area contributed by atoms with Gasteiger partial charge in [0.2, 0.25) is 5.91 Å². The van der Waals surface area contributed by atoms with E-state index in [1.54, 1.807) is 30.3 Å². The van der Waals surface area contributed by atoms with Crippen molar-refractivity contribution in [2.24, 2.45) is 0 Å². The lowest BCUT2D eigenvalue weighted by Gasteiger charge is -2.17. The minimum atomic E-state index is -2.84. The summed E-state index contributed by atoms with van der Waals surface area (Å²) in [5.74, 6) is -0.0640. The van der Waals surface area contributed by atoms with E-state index in [4.69, 9.17) is 23.2 Å². The van der Waals surface area contributed by atoms with Gasteiger partial charge in [-0.25, -0.2) is 0 Å². The Labute approximate surface area is 160 Å². The number of anilines is 1. The Morgan fingerprint density at radius 2 is 1.88 bits per heavy atom. The highest BCUT2D eigenvalue weighted by molar-refractivity contribution is 6.35. The summed E-state index contributed by atoms with van der Waals surface area (Å²) in [7, 11) is 1.86. The van der Waals surface area contributed by atoms with Crippen molar-refractivity contribution in [2.45, 2.75) is 19.6 Å². The van der Waals surface area contributed by atoms with Gasteiger partial charge >= 0.3 is 6.61 Å². The van der Waals surface area contributed by atoms with Crippen LogP contribution in [0.15, 0.2) is 42.5 Å². The van der Waals surface area contributed by atoms with Crippen LogP contribution >= 0.6 is 23.2 Å². The molecule has 0 aliphatic carbocycles. The second-order valence-corrected chi connectivity index (χ2v) is 6.53. The number of ether oxygens (including phenoxy) is 1. The Kier molecular flexibility index (Phi) is 7.63. The summed E-state index contributed by atoms with van der Waals surface area (Å²) in [4.78, 5) is 14.0. The fourth-order valence-corrected chi connectivity index (χ4v) is 2.60. The van der Waals surface area contributed by atoms with Crippen molar-refractivity contribution in [3.8, 4) is 5.75 Å². The molecule has 1 amide bonds. The van der Waals surface area contributed by atoms with Crippen LogP contribution in [0.5, 0.6) is 5.75 Å². The van der Waals surface area contributed by atoms with E-state index in [2.05, 4.69) is 10.1 Å². The Morgan fingerprint density at radius 3 is 2.54 bits per heavy atom. The summed E-state index contributed by atoms with van der Waals surface area (Å²) < 4.78 is 28.6. The highest BCUT2D eigenvalue weighted by atomic mass is 35.5. The second-order valence-electron chi connectivity index (χ2n) is 5.68. The molecule has 0 bridgehead atoms. The molecule has 26 heavy (non-hydrogen) atoms. The summed E-state index contributed by atoms with van der Waals surface area (Å²) >= 11 is 11.9. The standard InChI is InChI=1S/C18H18Cl2F2N2O2/c1-24(11-12-2-5-14(6-3-12)26-18(21)22)9-8-17(25)23-16-10-13(19)4-7-15(16)20/h2-7,10,18H,8-9,11H2,1H3,(H,23,25). The van der Waals surface area contributed by atoms with Crippen LogP contribution in [-0.4, -0.2) is 31.0 Å². The quantitative estimate of drug-likeness (QED) is 0.670. The average molecular weight is 403 g/mol. The first-order valence-electron chi connectivity index (χ1n) is 7.80. The number of rotatable bonds is 8. The van der Waals surface area contributed by atoms with Gasteiger partial charge in [-0.05, 0) is 42.9 Å². The lowest BCUT2D eigenvalue weighted by molar-refractivity contribution is -0.116. The Morgan fingerprint density at radius 1 is 1.19 bits per heavy atom. The van der Waals surface area contributed by atoms with Crippen molar-refractivity contribution >= 4 is 34.8 Å². The molecule has 8 heteroatoms. The highest BCUT2D eigenvalue weighted by Crippen LogP contribution is 2.25. The van der Waals surface area contributed by atoms with Gasteiger partial charge in [-0.1, -0.05) is 35.3 Å². The van der Waals surface area contributed by atoms with Crippen molar-refractivity contribution in [3.63, 3.8) is 0 Å².